The molecular formula is C21H15BrN2OS. The second-order valence-electron chi connectivity index (χ2n) is 5.87. The van der Waals surface area contributed by atoms with Gasteiger partial charge in [0.15, 0.2) is 5.13 Å². The van der Waals surface area contributed by atoms with Crippen molar-refractivity contribution in [1.29, 1.82) is 0 Å². The van der Waals surface area contributed by atoms with Crippen LogP contribution >= 0.6 is 27.3 Å². The van der Waals surface area contributed by atoms with Crippen molar-refractivity contribution in [3.63, 3.8) is 0 Å². The van der Waals surface area contributed by atoms with E-state index in [-0.39, 0.29) is 11.8 Å². The predicted molar refractivity (Wildman–Crippen MR) is 111 cm³/mol. The van der Waals surface area contributed by atoms with Crippen LogP contribution in [0.1, 0.15) is 17.0 Å². The highest BCUT2D eigenvalue weighted by Gasteiger charge is 2.23. The molecule has 1 aromatic heterocycles. The summed E-state index contributed by atoms with van der Waals surface area (Å²) >= 11 is 4.94. The number of anilines is 1. The Hall–Kier alpha value is -2.50. The summed E-state index contributed by atoms with van der Waals surface area (Å²) in [6, 6.07) is 25.5. The minimum atomic E-state index is -0.379. The molecule has 0 saturated heterocycles. The van der Waals surface area contributed by atoms with E-state index >= 15 is 0 Å². The Bertz CT molecular complexity index is 1010. The summed E-state index contributed by atoms with van der Waals surface area (Å²) in [4.78, 5) is 17.6. The predicted octanol–water partition coefficient (Wildman–Crippen LogP) is 5.83. The van der Waals surface area contributed by atoms with Gasteiger partial charge in [0.05, 0.1) is 16.1 Å². The first-order valence-electron chi connectivity index (χ1n) is 8.17. The smallest absolute Gasteiger partial charge is 0.238 e. The standard InChI is InChI=1S/C21H15BrN2OS/c22-16-11-12-17-18(13-16)26-21(23-17)24-20(25)19(14-7-3-1-4-8-14)15-9-5-2-6-10-15/h1-13,19H,(H,23,24,25). The lowest BCUT2D eigenvalue weighted by Crippen LogP contribution is -2.22. The molecule has 4 rings (SSSR count). The monoisotopic (exact) mass is 422 g/mol. The van der Waals surface area contributed by atoms with Crippen molar-refractivity contribution >= 4 is 48.5 Å². The molecule has 0 bridgehead atoms. The molecule has 5 heteroatoms. The molecule has 0 atom stereocenters. The first-order valence-corrected chi connectivity index (χ1v) is 9.78. The van der Waals surface area contributed by atoms with Gasteiger partial charge < -0.3 is 5.32 Å². The molecule has 1 amide bonds. The summed E-state index contributed by atoms with van der Waals surface area (Å²) in [5.41, 5.74) is 2.80. The third-order valence-corrected chi connectivity index (χ3v) is 5.54. The second-order valence-corrected chi connectivity index (χ2v) is 7.82. The quantitative estimate of drug-likeness (QED) is 0.449. The molecule has 4 aromatic rings. The Kier molecular flexibility index (Phi) is 4.82. The van der Waals surface area contributed by atoms with Crippen LogP contribution in [-0.4, -0.2) is 10.9 Å². The van der Waals surface area contributed by atoms with E-state index in [2.05, 4.69) is 26.2 Å². The maximum atomic E-state index is 13.1. The lowest BCUT2D eigenvalue weighted by molar-refractivity contribution is -0.116. The van der Waals surface area contributed by atoms with Crippen molar-refractivity contribution < 1.29 is 4.79 Å². The van der Waals surface area contributed by atoms with Gasteiger partial charge in [-0.25, -0.2) is 4.98 Å². The van der Waals surface area contributed by atoms with Crippen LogP contribution in [0, 0.1) is 0 Å². The maximum absolute atomic E-state index is 13.1. The number of rotatable bonds is 4. The normalized spacial score (nSPS) is 11.0. The van der Waals surface area contributed by atoms with E-state index in [0.717, 1.165) is 25.8 Å². The van der Waals surface area contributed by atoms with Crippen molar-refractivity contribution in [2.24, 2.45) is 0 Å². The first-order chi connectivity index (χ1) is 12.7. The molecule has 1 heterocycles. The van der Waals surface area contributed by atoms with Crippen LogP contribution in [-0.2, 0) is 4.79 Å². The number of carbonyl (C=O) groups excluding carboxylic acids is 1. The van der Waals surface area contributed by atoms with Gasteiger partial charge >= 0.3 is 0 Å². The van der Waals surface area contributed by atoms with Crippen molar-refractivity contribution in [2.75, 3.05) is 5.32 Å². The number of benzene rings is 3. The summed E-state index contributed by atoms with van der Waals surface area (Å²) in [7, 11) is 0. The van der Waals surface area contributed by atoms with E-state index in [1.807, 2.05) is 78.9 Å². The van der Waals surface area contributed by atoms with Gasteiger partial charge in [0, 0.05) is 4.47 Å². The highest BCUT2D eigenvalue weighted by molar-refractivity contribution is 9.10. The van der Waals surface area contributed by atoms with Crippen LogP contribution in [0.5, 0.6) is 0 Å². The van der Waals surface area contributed by atoms with Crippen molar-refractivity contribution in [2.45, 2.75) is 5.92 Å². The highest BCUT2D eigenvalue weighted by atomic mass is 79.9. The summed E-state index contributed by atoms with van der Waals surface area (Å²) in [5, 5.41) is 3.61. The Morgan fingerprint density at radius 3 is 2.15 bits per heavy atom. The van der Waals surface area contributed by atoms with Gasteiger partial charge in [-0.05, 0) is 29.3 Å². The number of aromatic nitrogens is 1. The number of carbonyl (C=O) groups is 1. The molecule has 1 N–H and O–H groups in total. The lowest BCUT2D eigenvalue weighted by atomic mass is 9.90. The number of thiazole rings is 1. The van der Waals surface area contributed by atoms with E-state index in [1.54, 1.807) is 0 Å². The zero-order valence-corrected chi connectivity index (χ0v) is 16.1. The zero-order chi connectivity index (χ0) is 17.9. The molecule has 0 unspecified atom stereocenters. The summed E-state index contributed by atoms with van der Waals surface area (Å²) in [6.45, 7) is 0. The van der Waals surface area contributed by atoms with Crippen molar-refractivity contribution in [3.05, 3.63) is 94.5 Å². The van der Waals surface area contributed by atoms with E-state index in [4.69, 9.17) is 0 Å². The Labute approximate surface area is 163 Å². The average Bonchev–Trinajstić information content (AvgIpc) is 3.05. The molecule has 3 nitrogen and oxygen atoms in total. The third-order valence-electron chi connectivity index (χ3n) is 4.11. The number of fused-ring (bicyclic) bond motifs is 1. The number of nitrogens with zero attached hydrogens (tertiary/aromatic N) is 1. The molecular weight excluding hydrogens is 408 g/mol. The fraction of sp³-hybridized carbons (Fsp3) is 0.0476. The first kappa shape index (κ1) is 16.9. The highest BCUT2D eigenvalue weighted by Crippen LogP contribution is 2.31. The van der Waals surface area contributed by atoms with Crippen LogP contribution in [0.15, 0.2) is 83.3 Å². The lowest BCUT2D eigenvalue weighted by Gasteiger charge is -2.16. The Balaban J connectivity index is 1.68. The van der Waals surface area contributed by atoms with Gasteiger partial charge in [0.1, 0.15) is 0 Å². The van der Waals surface area contributed by atoms with Crippen molar-refractivity contribution in [1.82, 2.24) is 4.98 Å². The fourth-order valence-corrected chi connectivity index (χ4v) is 4.34. The van der Waals surface area contributed by atoms with Gasteiger partial charge in [0.25, 0.3) is 0 Å². The van der Waals surface area contributed by atoms with E-state index in [9.17, 15) is 4.79 Å². The molecule has 0 aliphatic carbocycles. The summed E-state index contributed by atoms with van der Waals surface area (Å²) in [5.74, 6) is -0.461. The van der Waals surface area contributed by atoms with Crippen LogP contribution in [0.25, 0.3) is 10.2 Å². The van der Waals surface area contributed by atoms with E-state index in [0.29, 0.717) is 5.13 Å². The van der Waals surface area contributed by atoms with Gasteiger partial charge in [-0.15, -0.1) is 0 Å². The Morgan fingerprint density at radius 1 is 0.923 bits per heavy atom. The second kappa shape index (κ2) is 7.40. The van der Waals surface area contributed by atoms with Crippen molar-refractivity contribution in [3.8, 4) is 0 Å². The zero-order valence-electron chi connectivity index (χ0n) is 13.7. The minimum absolute atomic E-state index is 0.0829. The third kappa shape index (κ3) is 3.54. The summed E-state index contributed by atoms with van der Waals surface area (Å²) in [6.07, 6.45) is 0. The molecule has 3 aromatic carbocycles. The van der Waals surface area contributed by atoms with Gasteiger partial charge in [-0.1, -0.05) is 87.9 Å². The largest absolute Gasteiger partial charge is 0.301 e. The number of hydrogen-bond donors (Lipinski definition) is 1. The molecule has 0 fully saturated rings. The van der Waals surface area contributed by atoms with Crippen LogP contribution < -0.4 is 5.32 Å². The molecule has 0 aliphatic heterocycles. The maximum Gasteiger partial charge on any atom is 0.238 e. The molecule has 0 radical (unpaired) electrons. The van der Waals surface area contributed by atoms with E-state index in [1.165, 1.54) is 11.3 Å². The number of hydrogen-bond acceptors (Lipinski definition) is 3. The summed E-state index contributed by atoms with van der Waals surface area (Å²) < 4.78 is 2.03. The van der Waals surface area contributed by atoms with Gasteiger partial charge in [-0.3, -0.25) is 4.79 Å². The Morgan fingerprint density at radius 2 is 1.54 bits per heavy atom. The number of halogens is 1. The molecule has 0 spiro atoms. The number of amides is 1. The van der Waals surface area contributed by atoms with Crippen LogP contribution in [0.4, 0.5) is 5.13 Å². The number of nitrogens with one attached hydrogen (secondary N) is 1. The molecule has 128 valence electrons. The van der Waals surface area contributed by atoms with Gasteiger partial charge in [0.2, 0.25) is 5.91 Å². The SMILES string of the molecule is O=C(Nc1nc2ccc(Br)cc2s1)C(c1ccccc1)c1ccccc1. The topological polar surface area (TPSA) is 42.0 Å². The molecule has 26 heavy (non-hydrogen) atoms. The van der Waals surface area contributed by atoms with Gasteiger partial charge in [-0.2, -0.15) is 0 Å². The van der Waals surface area contributed by atoms with Crippen LogP contribution in [0.3, 0.4) is 0 Å². The average molecular weight is 423 g/mol. The molecule has 0 saturated carbocycles. The molecule has 0 aliphatic rings. The minimum Gasteiger partial charge on any atom is -0.301 e. The van der Waals surface area contributed by atoms with E-state index < -0.39 is 0 Å². The fourth-order valence-electron chi connectivity index (χ4n) is 2.92. The van der Waals surface area contributed by atoms with Crippen LogP contribution in [0.2, 0.25) is 0 Å².